The molecule has 0 amide bonds. The summed E-state index contributed by atoms with van der Waals surface area (Å²) in [5.41, 5.74) is 0.787. The Hall–Kier alpha value is -0.350. The van der Waals surface area contributed by atoms with Gasteiger partial charge in [-0.2, -0.15) is 0 Å². The third-order valence-corrected chi connectivity index (χ3v) is 4.26. The third-order valence-electron chi connectivity index (χ3n) is 1.96. The topological polar surface area (TPSA) is 25.8 Å². The van der Waals surface area contributed by atoms with Gasteiger partial charge in [0.15, 0.2) is 0 Å². The summed E-state index contributed by atoms with van der Waals surface area (Å²) in [5.74, 6) is 0. The summed E-state index contributed by atoms with van der Waals surface area (Å²) in [6.45, 7) is 1.85. The van der Waals surface area contributed by atoms with Gasteiger partial charge in [0, 0.05) is 5.56 Å². The maximum Gasteiger partial charge on any atom is 0.149 e. The van der Waals surface area contributed by atoms with Crippen molar-refractivity contribution in [3.63, 3.8) is 0 Å². The molecule has 0 radical (unpaired) electrons. The molecule has 84 valence electrons. The molecule has 2 rings (SSSR count). The van der Waals surface area contributed by atoms with E-state index in [0.29, 0.717) is 10.0 Å². The van der Waals surface area contributed by atoms with E-state index < -0.39 is 0 Å². The predicted molar refractivity (Wildman–Crippen MR) is 69.6 cm³/mol. The lowest BCUT2D eigenvalue weighted by Gasteiger charge is -2.00. The monoisotopic (exact) mass is 292 g/mol. The summed E-state index contributed by atoms with van der Waals surface area (Å²) in [7, 11) is 0. The standard InChI is InChI=1S/C10H7Cl3N2S/c1-5(11)9-14-15-10(16-9)6-3-2-4-7(12)8(6)13/h2-5H,1H3. The lowest BCUT2D eigenvalue weighted by atomic mass is 10.2. The second-order valence-corrected chi connectivity index (χ2v) is 5.61. The first-order valence-corrected chi connectivity index (χ1v) is 6.52. The fourth-order valence-corrected chi connectivity index (χ4v) is 2.60. The van der Waals surface area contributed by atoms with Gasteiger partial charge in [-0.3, -0.25) is 0 Å². The van der Waals surface area contributed by atoms with Crippen molar-refractivity contribution in [3.05, 3.63) is 33.3 Å². The number of benzene rings is 1. The number of nitrogens with zero attached hydrogens (tertiary/aromatic N) is 2. The molecule has 0 bridgehead atoms. The Morgan fingerprint density at radius 1 is 1.25 bits per heavy atom. The molecule has 0 saturated carbocycles. The molecule has 1 aromatic heterocycles. The van der Waals surface area contributed by atoms with Crippen LogP contribution >= 0.6 is 46.1 Å². The van der Waals surface area contributed by atoms with Gasteiger partial charge in [0.2, 0.25) is 0 Å². The second kappa shape index (κ2) is 4.88. The second-order valence-electron chi connectivity index (χ2n) is 3.16. The van der Waals surface area contributed by atoms with Crippen LogP contribution in [0.1, 0.15) is 17.3 Å². The number of aromatic nitrogens is 2. The summed E-state index contributed by atoms with van der Waals surface area (Å²) in [4.78, 5) is 0. The van der Waals surface area contributed by atoms with Crippen LogP contribution in [-0.2, 0) is 0 Å². The van der Waals surface area contributed by atoms with E-state index in [9.17, 15) is 0 Å². The lowest BCUT2D eigenvalue weighted by molar-refractivity contribution is 0.962. The summed E-state index contributed by atoms with van der Waals surface area (Å²) in [6, 6.07) is 5.42. The van der Waals surface area contributed by atoms with E-state index in [1.165, 1.54) is 11.3 Å². The fraction of sp³-hybridized carbons (Fsp3) is 0.200. The van der Waals surface area contributed by atoms with Crippen LogP contribution in [0, 0.1) is 0 Å². The summed E-state index contributed by atoms with van der Waals surface area (Å²) in [5, 5.41) is 10.4. The van der Waals surface area contributed by atoms with Crippen molar-refractivity contribution in [3.8, 4) is 10.6 Å². The summed E-state index contributed by atoms with van der Waals surface area (Å²) >= 11 is 19.4. The molecule has 6 heteroatoms. The van der Waals surface area contributed by atoms with Crippen LogP contribution in [0.25, 0.3) is 10.6 Å². The zero-order chi connectivity index (χ0) is 11.7. The zero-order valence-corrected chi connectivity index (χ0v) is 11.3. The normalized spacial score (nSPS) is 12.8. The van der Waals surface area contributed by atoms with Gasteiger partial charge in [-0.1, -0.05) is 46.7 Å². The molecular formula is C10H7Cl3N2S. The highest BCUT2D eigenvalue weighted by Gasteiger charge is 2.14. The maximum absolute atomic E-state index is 6.09. The Bertz CT molecular complexity index is 511. The van der Waals surface area contributed by atoms with Crippen LogP contribution in [0.5, 0.6) is 0 Å². The largest absolute Gasteiger partial charge is 0.149 e. The molecule has 1 atom stereocenters. The van der Waals surface area contributed by atoms with Crippen molar-refractivity contribution in [1.29, 1.82) is 0 Å². The molecule has 0 fully saturated rings. The van der Waals surface area contributed by atoms with Gasteiger partial charge < -0.3 is 0 Å². The van der Waals surface area contributed by atoms with Crippen molar-refractivity contribution < 1.29 is 0 Å². The number of hydrogen-bond acceptors (Lipinski definition) is 3. The first-order chi connectivity index (χ1) is 7.59. The van der Waals surface area contributed by atoms with Crippen LogP contribution in [0.2, 0.25) is 10.0 Å². The van der Waals surface area contributed by atoms with Gasteiger partial charge in [0.05, 0.1) is 15.4 Å². The van der Waals surface area contributed by atoms with Gasteiger partial charge in [-0.15, -0.1) is 21.8 Å². The molecule has 0 aliphatic rings. The minimum atomic E-state index is -0.149. The van der Waals surface area contributed by atoms with Crippen molar-refractivity contribution in [2.75, 3.05) is 0 Å². The number of hydrogen-bond donors (Lipinski definition) is 0. The minimum absolute atomic E-state index is 0.149. The SMILES string of the molecule is CC(Cl)c1nnc(-c2cccc(Cl)c2Cl)s1. The zero-order valence-electron chi connectivity index (χ0n) is 8.25. The first-order valence-electron chi connectivity index (χ1n) is 4.51. The number of rotatable bonds is 2. The molecule has 16 heavy (non-hydrogen) atoms. The molecule has 1 aromatic carbocycles. The van der Waals surface area contributed by atoms with Crippen LogP contribution in [0.15, 0.2) is 18.2 Å². The Balaban J connectivity index is 2.47. The Kier molecular flexibility index (Phi) is 3.70. The van der Waals surface area contributed by atoms with Crippen LogP contribution < -0.4 is 0 Å². The van der Waals surface area contributed by atoms with Crippen LogP contribution in [0.4, 0.5) is 0 Å². The van der Waals surface area contributed by atoms with E-state index in [2.05, 4.69) is 10.2 Å². The van der Waals surface area contributed by atoms with Crippen LogP contribution in [-0.4, -0.2) is 10.2 Å². The molecular weight excluding hydrogens is 287 g/mol. The molecule has 1 unspecified atom stereocenters. The molecule has 0 saturated heterocycles. The van der Waals surface area contributed by atoms with E-state index in [0.717, 1.165) is 15.6 Å². The van der Waals surface area contributed by atoms with Gasteiger partial charge >= 0.3 is 0 Å². The predicted octanol–water partition coefficient (Wildman–Crippen LogP) is 4.81. The third kappa shape index (κ3) is 2.33. The Labute approximate surface area is 112 Å². The molecule has 0 N–H and O–H groups in total. The van der Waals surface area contributed by atoms with Crippen molar-refractivity contribution in [2.24, 2.45) is 0 Å². The molecule has 0 spiro atoms. The highest BCUT2D eigenvalue weighted by Crippen LogP contribution is 2.36. The van der Waals surface area contributed by atoms with Crippen molar-refractivity contribution in [2.45, 2.75) is 12.3 Å². The molecule has 1 heterocycles. The smallest absolute Gasteiger partial charge is 0.142 e. The average Bonchev–Trinajstić information content (AvgIpc) is 2.71. The Morgan fingerprint density at radius 3 is 2.62 bits per heavy atom. The van der Waals surface area contributed by atoms with Gasteiger partial charge in [0.25, 0.3) is 0 Å². The maximum atomic E-state index is 6.09. The van der Waals surface area contributed by atoms with E-state index in [4.69, 9.17) is 34.8 Å². The minimum Gasteiger partial charge on any atom is -0.142 e. The first kappa shape index (κ1) is 12.1. The van der Waals surface area contributed by atoms with Gasteiger partial charge in [0.1, 0.15) is 10.0 Å². The molecule has 2 nitrogen and oxygen atoms in total. The average molecular weight is 294 g/mol. The van der Waals surface area contributed by atoms with Crippen molar-refractivity contribution >= 4 is 46.1 Å². The molecule has 0 aliphatic heterocycles. The number of alkyl halides is 1. The molecule has 0 aliphatic carbocycles. The highest BCUT2D eigenvalue weighted by atomic mass is 35.5. The van der Waals surface area contributed by atoms with E-state index >= 15 is 0 Å². The van der Waals surface area contributed by atoms with Crippen LogP contribution in [0.3, 0.4) is 0 Å². The Morgan fingerprint density at radius 2 is 2.00 bits per heavy atom. The van der Waals surface area contributed by atoms with Gasteiger partial charge in [-0.05, 0) is 13.0 Å². The summed E-state index contributed by atoms with van der Waals surface area (Å²) < 4.78 is 0. The molecule has 2 aromatic rings. The van der Waals surface area contributed by atoms with E-state index in [1.54, 1.807) is 6.07 Å². The van der Waals surface area contributed by atoms with E-state index in [1.807, 2.05) is 19.1 Å². The fourth-order valence-electron chi connectivity index (χ4n) is 1.17. The summed E-state index contributed by atoms with van der Waals surface area (Å²) in [6.07, 6.45) is 0. The number of halogens is 3. The highest BCUT2D eigenvalue weighted by molar-refractivity contribution is 7.15. The van der Waals surface area contributed by atoms with Gasteiger partial charge in [-0.25, -0.2) is 0 Å². The lowest BCUT2D eigenvalue weighted by Crippen LogP contribution is -1.81. The van der Waals surface area contributed by atoms with E-state index in [-0.39, 0.29) is 5.38 Å². The quantitative estimate of drug-likeness (QED) is 0.742. The van der Waals surface area contributed by atoms with Crippen molar-refractivity contribution in [1.82, 2.24) is 10.2 Å².